The number of nitrogens with zero attached hydrogens (tertiary/aromatic N) is 6. The van der Waals surface area contributed by atoms with Gasteiger partial charge < -0.3 is 0 Å². The number of nitriles is 1. The zero-order valence-electron chi connectivity index (χ0n) is 9.98. The largest absolute Gasteiger partial charge is 0.235 e. The van der Waals surface area contributed by atoms with Crippen LogP contribution in [0.25, 0.3) is 17.0 Å². The van der Waals surface area contributed by atoms with E-state index >= 15 is 0 Å². The van der Waals surface area contributed by atoms with Crippen LogP contribution in [0.5, 0.6) is 0 Å². The van der Waals surface area contributed by atoms with E-state index in [0.29, 0.717) is 11.3 Å². The summed E-state index contributed by atoms with van der Waals surface area (Å²) in [5, 5.41) is 14.0. The summed E-state index contributed by atoms with van der Waals surface area (Å²) in [6.45, 7) is 0. The van der Waals surface area contributed by atoms with E-state index in [4.69, 9.17) is 5.26 Å². The van der Waals surface area contributed by atoms with Gasteiger partial charge in [-0.1, -0.05) is 0 Å². The van der Waals surface area contributed by atoms with Crippen molar-refractivity contribution in [2.75, 3.05) is 6.26 Å². The third-order valence-corrected chi connectivity index (χ3v) is 3.23. The van der Waals surface area contributed by atoms with E-state index in [9.17, 15) is 0 Å². The summed E-state index contributed by atoms with van der Waals surface area (Å²) in [6.07, 6.45) is 5.15. The number of fused-ring (bicyclic) bond motifs is 1. The maximum atomic E-state index is 8.90. The molecule has 0 saturated heterocycles. The molecule has 19 heavy (non-hydrogen) atoms. The first-order chi connectivity index (χ1) is 9.31. The highest BCUT2D eigenvalue weighted by Gasteiger charge is 2.10. The molecule has 0 unspecified atom stereocenters. The average Bonchev–Trinajstić information content (AvgIpc) is 2.90. The van der Waals surface area contributed by atoms with Crippen LogP contribution in [0.3, 0.4) is 0 Å². The summed E-state index contributed by atoms with van der Waals surface area (Å²) >= 11 is 1.54. The van der Waals surface area contributed by atoms with E-state index in [2.05, 4.69) is 20.1 Å². The van der Waals surface area contributed by atoms with Gasteiger partial charge in [-0.25, -0.2) is 19.5 Å². The molecular formula is C12H8N6S. The Morgan fingerprint density at radius 3 is 2.95 bits per heavy atom. The Labute approximate surface area is 113 Å². The Bertz CT molecular complexity index is 788. The van der Waals surface area contributed by atoms with E-state index in [1.165, 1.54) is 18.1 Å². The minimum Gasteiger partial charge on any atom is -0.235 e. The number of imidazole rings is 1. The summed E-state index contributed by atoms with van der Waals surface area (Å²) in [5.74, 6) is 0. The SMILES string of the molecule is CSc1cc(-c2cnc3ccc(C#N)nn23)ncn1. The number of aromatic nitrogens is 5. The quantitative estimate of drug-likeness (QED) is 0.520. The molecule has 0 spiro atoms. The fourth-order valence-corrected chi connectivity index (χ4v) is 2.08. The summed E-state index contributed by atoms with van der Waals surface area (Å²) in [4.78, 5) is 12.6. The minimum atomic E-state index is 0.339. The Kier molecular flexibility index (Phi) is 2.85. The van der Waals surface area contributed by atoms with Crippen molar-refractivity contribution in [1.82, 2.24) is 24.6 Å². The molecule has 3 rings (SSSR count). The molecule has 0 aliphatic carbocycles. The van der Waals surface area contributed by atoms with Crippen LogP contribution in [0, 0.1) is 11.3 Å². The van der Waals surface area contributed by atoms with Crippen molar-refractivity contribution in [1.29, 1.82) is 5.26 Å². The lowest BCUT2D eigenvalue weighted by Gasteiger charge is -2.01. The van der Waals surface area contributed by atoms with Gasteiger partial charge in [0, 0.05) is 0 Å². The minimum absolute atomic E-state index is 0.339. The first kappa shape index (κ1) is 11.6. The molecule has 0 N–H and O–H groups in total. The highest BCUT2D eigenvalue weighted by molar-refractivity contribution is 7.98. The predicted molar refractivity (Wildman–Crippen MR) is 70.5 cm³/mol. The third-order valence-electron chi connectivity index (χ3n) is 2.59. The number of thioether (sulfide) groups is 1. The predicted octanol–water partition coefficient (Wildman–Crippen LogP) is 1.78. The molecule has 0 bridgehead atoms. The zero-order valence-corrected chi connectivity index (χ0v) is 10.8. The second-order valence-electron chi connectivity index (χ2n) is 3.69. The molecule has 7 heteroatoms. The molecule has 0 aliphatic rings. The molecule has 0 radical (unpaired) electrons. The van der Waals surface area contributed by atoms with Crippen LogP contribution in [-0.2, 0) is 0 Å². The fraction of sp³-hybridized carbons (Fsp3) is 0.0833. The van der Waals surface area contributed by atoms with Gasteiger partial charge in [-0.15, -0.1) is 11.8 Å². The lowest BCUT2D eigenvalue weighted by atomic mass is 10.3. The molecule has 0 aliphatic heterocycles. The molecule has 3 aromatic rings. The Balaban J connectivity index is 2.21. The van der Waals surface area contributed by atoms with E-state index in [1.54, 1.807) is 22.8 Å². The van der Waals surface area contributed by atoms with E-state index in [0.717, 1.165) is 16.4 Å². The van der Waals surface area contributed by atoms with Gasteiger partial charge in [0.15, 0.2) is 11.3 Å². The van der Waals surface area contributed by atoms with E-state index in [1.807, 2.05) is 18.4 Å². The first-order valence-electron chi connectivity index (χ1n) is 5.43. The van der Waals surface area contributed by atoms with Crippen LogP contribution in [0.15, 0.2) is 35.7 Å². The van der Waals surface area contributed by atoms with Gasteiger partial charge >= 0.3 is 0 Å². The van der Waals surface area contributed by atoms with Gasteiger partial charge in [-0.05, 0) is 24.5 Å². The van der Waals surface area contributed by atoms with Gasteiger partial charge in [-0.3, -0.25) is 0 Å². The maximum Gasteiger partial charge on any atom is 0.161 e. The van der Waals surface area contributed by atoms with Crippen LogP contribution in [0.4, 0.5) is 0 Å². The third kappa shape index (κ3) is 2.02. The molecule has 0 amide bonds. The van der Waals surface area contributed by atoms with Crippen molar-refractivity contribution in [2.45, 2.75) is 5.03 Å². The van der Waals surface area contributed by atoms with Crippen molar-refractivity contribution >= 4 is 17.4 Å². The monoisotopic (exact) mass is 268 g/mol. The average molecular weight is 268 g/mol. The smallest absolute Gasteiger partial charge is 0.161 e. The van der Waals surface area contributed by atoms with Gasteiger partial charge in [-0.2, -0.15) is 10.4 Å². The van der Waals surface area contributed by atoms with Gasteiger partial charge in [0.1, 0.15) is 18.1 Å². The highest BCUT2D eigenvalue weighted by Crippen LogP contribution is 2.21. The van der Waals surface area contributed by atoms with E-state index < -0.39 is 0 Å². The van der Waals surface area contributed by atoms with Gasteiger partial charge in [0.25, 0.3) is 0 Å². The summed E-state index contributed by atoms with van der Waals surface area (Å²) < 4.78 is 1.62. The second-order valence-corrected chi connectivity index (χ2v) is 4.52. The fourth-order valence-electron chi connectivity index (χ4n) is 1.70. The molecule has 3 heterocycles. The maximum absolute atomic E-state index is 8.90. The summed E-state index contributed by atoms with van der Waals surface area (Å²) in [5.41, 5.74) is 2.49. The van der Waals surface area contributed by atoms with Crippen molar-refractivity contribution in [2.24, 2.45) is 0 Å². The number of hydrogen-bond donors (Lipinski definition) is 0. The normalized spacial score (nSPS) is 10.5. The number of rotatable bonds is 2. The molecular weight excluding hydrogens is 260 g/mol. The topological polar surface area (TPSA) is 79.8 Å². The first-order valence-corrected chi connectivity index (χ1v) is 6.65. The Hall–Kier alpha value is -2.46. The van der Waals surface area contributed by atoms with Crippen molar-refractivity contribution in [3.8, 4) is 17.5 Å². The molecule has 92 valence electrons. The van der Waals surface area contributed by atoms with Crippen LogP contribution >= 0.6 is 11.8 Å². The molecule has 0 aromatic carbocycles. The van der Waals surface area contributed by atoms with Gasteiger partial charge in [0.05, 0.1) is 16.9 Å². The lowest BCUT2D eigenvalue weighted by Crippen LogP contribution is -1.98. The van der Waals surface area contributed by atoms with E-state index in [-0.39, 0.29) is 0 Å². The van der Waals surface area contributed by atoms with Crippen molar-refractivity contribution < 1.29 is 0 Å². The standard InChI is InChI=1S/C12H8N6S/c1-19-12-4-9(15-7-16-12)10-6-14-11-3-2-8(5-13)17-18(10)11/h2-4,6-7H,1H3. The molecule has 3 aromatic heterocycles. The summed E-state index contributed by atoms with van der Waals surface area (Å²) in [6, 6.07) is 7.28. The van der Waals surface area contributed by atoms with Crippen LogP contribution in [0.1, 0.15) is 5.69 Å². The second kappa shape index (κ2) is 4.66. The van der Waals surface area contributed by atoms with Crippen LogP contribution in [-0.4, -0.2) is 30.8 Å². The zero-order chi connectivity index (χ0) is 13.2. The Morgan fingerprint density at radius 1 is 1.26 bits per heavy atom. The highest BCUT2D eigenvalue weighted by atomic mass is 32.2. The van der Waals surface area contributed by atoms with Crippen molar-refractivity contribution in [3.05, 3.63) is 36.4 Å². The molecule has 6 nitrogen and oxygen atoms in total. The van der Waals surface area contributed by atoms with Gasteiger partial charge in [0.2, 0.25) is 0 Å². The number of hydrogen-bond acceptors (Lipinski definition) is 6. The molecule has 0 atom stereocenters. The molecule has 0 saturated carbocycles. The Morgan fingerprint density at radius 2 is 2.16 bits per heavy atom. The van der Waals surface area contributed by atoms with Crippen LogP contribution < -0.4 is 0 Å². The van der Waals surface area contributed by atoms with Crippen LogP contribution in [0.2, 0.25) is 0 Å². The van der Waals surface area contributed by atoms with Crippen molar-refractivity contribution in [3.63, 3.8) is 0 Å². The lowest BCUT2D eigenvalue weighted by molar-refractivity contribution is 0.918. The summed E-state index contributed by atoms with van der Waals surface area (Å²) in [7, 11) is 0. The molecule has 0 fully saturated rings.